The number of ether oxygens (including phenoxy) is 1. The summed E-state index contributed by atoms with van der Waals surface area (Å²) in [4.78, 5) is 4.41. The van der Waals surface area contributed by atoms with E-state index in [-0.39, 0.29) is 11.6 Å². The van der Waals surface area contributed by atoms with Crippen LogP contribution in [0.5, 0.6) is 0 Å². The molecule has 2 N–H and O–H groups in total. The van der Waals surface area contributed by atoms with Gasteiger partial charge in [-0.05, 0) is 50.8 Å². The third-order valence-corrected chi connectivity index (χ3v) is 3.91. The molecule has 0 saturated heterocycles. The number of rotatable bonds is 4. The first kappa shape index (κ1) is 14.0. The number of aromatic nitrogens is 2. The molecule has 1 aliphatic carbocycles. The average molecular weight is 291 g/mol. The van der Waals surface area contributed by atoms with Crippen molar-refractivity contribution in [3.63, 3.8) is 0 Å². The van der Waals surface area contributed by atoms with Crippen LogP contribution in [0, 0.1) is 5.82 Å². The molecule has 112 valence electrons. The molecule has 1 fully saturated rings. The van der Waals surface area contributed by atoms with Crippen molar-refractivity contribution in [1.29, 1.82) is 0 Å². The molecule has 0 atom stereocenters. The van der Waals surface area contributed by atoms with Crippen molar-refractivity contribution in [1.82, 2.24) is 10.1 Å². The summed E-state index contributed by atoms with van der Waals surface area (Å²) >= 11 is 0. The maximum absolute atomic E-state index is 13.5. The van der Waals surface area contributed by atoms with Crippen LogP contribution in [0.15, 0.2) is 22.7 Å². The second-order valence-electron chi connectivity index (χ2n) is 5.29. The van der Waals surface area contributed by atoms with E-state index in [4.69, 9.17) is 15.0 Å². The van der Waals surface area contributed by atoms with Crippen LogP contribution < -0.4 is 5.73 Å². The fraction of sp³-hybridized carbons (Fsp3) is 0.467. The third-order valence-electron chi connectivity index (χ3n) is 3.91. The van der Waals surface area contributed by atoms with Gasteiger partial charge in [-0.15, -0.1) is 0 Å². The number of benzene rings is 1. The van der Waals surface area contributed by atoms with Crippen molar-refractivity contribution in [3.8, 4) is 11.5 Å². The van der Waals surface area contributed by atoms with E-state index >= 15 is 0 Å². The Hall–Kier alpha value is -1.95. The van der Waals surface area contributed by atoms with Gasteiger partial charge >= 0.3 is 0 Å². The van der Waals surface area contributed by atoms with Crippen molar-refractivity contribution >= 4 is 5.69 Å². The van der Waals surface area contributed by atoms with Crippen molar-refractivity contribution in [2.24, 2.45) is 0 Å². The predicted octanol–water partition coefficient (Wildman–Crippen LogP) is 3.26. The summed E-state index contributed by atoms with van der Waals surface area (Å²) in [5.41, 5.74) is 5.63. The minimum absolute atomic E-state index is 0.0973. The zero-order valence-electron chi connectivity index (χ0n) is 11.9. The number of hydrogen-bond donors (Lipinski definition) is 1. The molecule has 0 aliphatic heterocycles. The van der Waals surface area contributed by atoms with Gasteiger partial charge < -0.3 is 15.0 Å². The van der Waals surface area contributed by atoms with Gasteiger partial charge in [-0.25, -0.2) is 4.39 Å². The minimum atomic E-state index is -0.493. The number of nitrogens with two attached hydrogens (primary N) is 1. The van der Waals surface area contributed by atoms with Crippen LogP contribution in [0.2, 0.25) is 0 Å². The van der Waals surface area contributed by atoms with Gasteiger partial charge in [-0.1, -0.05) is 5.16 Å². The molecule has 2 aromatic rings. The quantitative estimate of drug-likeness (QED) is 0.875. The maximum Gasteiger partial charge on any atom is 0.258 e. The fourth-order valence-electron chi connectivity index (χ4n) is 2.84. The van der Waals surface area contributed by atoms with Gasteiger partial charge in [0.25, 0.3) is 5.89 Å². The van der Waals surface area contributed by atoms with Gasteiger partial charge in [0.05, 0.1) is 5.69 Å². The average Bonchev–Trinajstić information content (AvgIpc) is 3.12. The highest BCUT2D eigenvalue weighted by Gasteiger charge is 2.40. The normalized spacial score (nSPS) is 17.2. The topological polar surface area (TPSA) is 74.2 Å². The number of halogens is 1. The van der Waals surface area contributed by atoms with Crippen LogP contribution in [0.25, 0.3) is 11.5 Å². The molecule has 1 aromatic heterocycles. The van der Waals surface area contributed by atoms with E-state index in [9.17, 15) is 4.39 Å². The second-order valence-corrected chi connectivity index (χ2v) is 5.29. The Kier molecular flexibility index (Phi) is 3.63. The Labute approximate surface area is 122 Å². The summed E-state index contributed by atoms with van der Waals surface area (Å²) in [6.07, 6.45) is 3.94. The largest absolute Gasteiger partial charge is 0.396 e. The molecule has 1 heterocycles. The Morgan fingerprint density at radius 2 is 2.14 bits per heavy atom. The molecule has 0 bridgehead atoms. The van der Waals surface area contributed by atoms with E-state index in [0.29, 0.717) is 18.0 Å². The summed E-state index contributed by atoms with van der Waals surface area (Å²) < 4.78 is 24.7. The van der Waals surface area contributed by atoms with Crippen LogP contribution in [-0.2, 0) is 10.3 Å². The Morgan fingerprint density at radius 1 is 1.38 bits per heavy atom. The lowest BCUT2D eigenvalue weighted by molar-refractivity contribution is -0.0469. The predicted molar refractivity (Wildman–Crippen MR) is 75.9 cm³/mol. The van der Waals surface area contributed by atoms with Crippen LogP contribution in [0.4, 0.5) is 10.1 Å². The second kappa shape index (κ2) is 5.44. The van der Waals surface area contributed by atoms with E-state index in [1.165, 1.54) is 12.1 Å². The summed E-state index contributed by atoms with van der Waals surface area (Å²) in [5.74, 6) is 0.344. The molecule has 1 aliphatic rings. The van der Waals surface area contributed by atoms with E-state index in [2.05, 4.69) is 10.1 Å². The standard InChI is InChI=1S/C15H18FN3O2/c1-2-20-15(7-3-4-8-15)14-18-13(21-19-14)10-5-6-12(17)11(16)9-10/h5-6,9H,2-4,7-8,17H2,1H3. The molecule has 0 amide bonds. The SMILES string of the molecule is CCOC1(c2noc(-c3ccc(N)c(F)c3)n2)CCCC1. The molecule has 0 unspecified atom stereocenters. The van der Waals surface area contributed by atoms with Crippen LogP contribution in [0.3, 0.4) is 0 Å². The minimum Gasteiger partial charge on any atom is -0.396 e. The first-order chi connectivity index (χ1) is 10.1. The molecular formula is C15H18FN3O2. The van der Waals surface area contributed by atoms with Gasteiger partial charge in [0, 0.05) is 12.2 Å². The maximum atomic E-state index is 13.5. The lowest BCUT2D eigenvalue weighted by Crippen LogP contribution is -2.27. The number of nitrogens with zero attached hydrogens (tertiary/aromatic N) is 2. The van der Waals surface area contributed by atoms with Crippen molar-refractivity contribution < 1.29 is 13.7 Å². The monoisotopic (exact) mass is 291 g/mol. The van der Waals surface area contributed by atoms with Gasteiger partial charge in [0.15, 0.2) is 0 Å². The molecule has 6 heteroatoms. The summed E-state index contributed by atoms with van der Waals surface area (Å²) in [5, 5.41) is 4.05. The molecule has 1 aromatic carbocycles. The lowest BCUT2D eigenvalue weighted by atomic mass is 10.0. The smallest absolute Gasteiger partial charge is 0.258 e. The Morgan fingerprint density at radius 3 is 2.81 bits per heavy atom. The van der Waals surface area contributed by atoms with Gasteiger partial charge in [-0.2, -0.15) is 4.98 Å². The van der Waals surface area contributed by atoms with Gasteiger partial charge in [-0.3, -0.25) is 0 Å². The first-order valence-corrected chi connectivity index (χ1v) is 7.18. The Balaban J connectivity index is 1.93. The molecule has 5 nitrogen and oxygen atoms in total. The molecule has 21 heavy (non-hydrogen) atoms. The molecular weight excluding hydrogens is 273 g/mol. The zero-order chi connectivity index (χ0) is 14.9. The highest BCUT2D eigenvalue weighted by Crippen LogP contribution is 2.41. The first-order valence-electron chi connectivity index (χ1n) is 7.18. The van der Waals surface area contributed by atoms with Crippen molar-refractivity contribution in [2.75, 3.05) is 12.3 Å². The van der Waals surface area contributed by atoms with E-state index in [1.807, 2.05) is 6.92 Å². The van der Waals surface area contributed by atoms with Crippen molar-refractivity contribution in [3.05, 3.63) is 29.8 Å². The summed E-state index contributed by atoms with van der Waals surface area (Å²) in [7, 11) is 0. The van der Waals surface area contributed by atoms with Crippen molar-refractivity contribution in [2.45, 2.75) is 38.2 Å². The molecule has 0 radical (unpaired) electrons. The number of hydrogen-bond acceptors (Lipinski definition) is 5. The molecule has 1 saturated carbocycles. The summed E-state index contributed by atoms with van der Waals surface area (Å²) in [6.45, 7) is 2.55. The van der Waals surface area contributed by atoms with Gasteiger partial charge in [0.1, 0.15) is 11.4 Å². The molecule has 3 rings (SSSR count). The fourth-order valence-corrected chi connectivity index (χ4v) is 2.84. The van der Waals surface area contributed by atoms with E-state index in [1.54, 1.807) is 6.07 Å². The lowest BCUT2D eigenvalue weighted by Gasteiger charge is -2.24. The van der Waals surface area contributed by atoms with Crippen LogP contribution in [0.1, 0.15) is 38.4 Å². The number of anilines is 1. The highest BCUT2D eigenvalue weighted by molar-refractivity contribution is 5.57. The van der Waals surface area contributed by atoms with Crippen LogP contribution in [-0.4, -0.2) is 16.7 Å². The number of nitrogen functional groups attached to an aromatic ring is 1. The highest BCUT2D eigenvalue weighted by atomic mass is 19.1. The van der Waals surface area contributed by atoms with Crippen LogP contribution >= 0.6 is 0 Å². The zero-order valence-corrected chi connectivity index (χ0v) is 11.9. The molecule has 0 spiro atoms. The summed E-state index contributed by atoms with van der Waals surface area (Å²) in [6, 6.07) is 4.45. The van der Waals surface area contributed by atoms with E-state index < -0.39 is 11.4 Å². The van der Waals surface area contributed by atoms with Gasteiger partial charge in [0.2, 0.25) is 5.82 Å². The third kappa shape index (κ3) is 2.51. The Bertz CT molecular complexity index is 636. The van der Waals surface area contributed by atoms with E-state index in [0.717, 1.165) is 25.7 Å².